The van der Waals surface area contributed by atoms with Crippen LogP contribution in [-0.4, -0.2) is 23.8 Å². The predicted octanol–water partition coefficient (Wildman–Crippen LogP) is 5.26. The highest BCUT2D eigenvalue weighted by molar-refractivity contribution is 14.2. The Morgan fingerprint density at radius 1 is 1.17 bits per heavy atom. The average Bonchev–Trinajstić information content (AvgIpc) is 2.90. The predicted molar refractivity (Wildman–Crippen MR) is 109 cm³/mol. The number of benzene rings is 2. The highest BCUT2D eigenvalue weighted by atomic mass is 127. The molecule has 2 aromatic carbocycles. The summed E-state index contributed by atoms with van der Waals surface area (Å²) in [6.07, 6.45) is 0.479. The normalized spacial score (nSPS) is 11.5. The minimum Gasteiger partial charge on any atom is -0.497 e. The molecule has 0 aliphatic heterocycles. The van der Waals surface area contributed by atoms with Gasteiger partial charge in [0.1, 0.15) is 9.45 Å². The standard InChI is InChI=1S/C15H12FI2N2O2P/c1-21-9-6-11(14(16)13(7-9)22-2)8-3-4-10-12(5-8)20(23-18)19-15(10)17/h3-7,23H,1-2H3. The van der Waals surface area contributed by atoms with Crippen molar-refractivity contribution in [1.29, 1.82) is 0 Å². The van der Waals surface area contributed by atoms with Crippen LogP contribution in [0.5, 0.6) is 11.5 Å². The number of fused-ring (bicyclic) bond motifs is 1. The third kappa shape index (κ3) is 3.15. The number of nitrogens with zero attached hydrogens (tertiary/aromatic N) is 2. The molecular formula is C15H12FI2N2O2P. The first-order valence-corrected chi connectivity index (χ1v) is 11.7. The van der Waals surface area contributed by atoms with Crippen LogP contribution in [0, 0.1) is 9.52 Å². The molecular weight excluding hydrogens is 544 g/mol. The monoisotopic (exact) mass is 556 g/mol. The average molecular weight is 556 g/mol. The van der Waals surface area contributed by atoms with Gasteiger partial charge in [-0.25, -0.2) is 8.84 Å². The summed E-state index contributed by atoms with van der Waals surface area (Å²) in [4.78, 5) is 0. The van der Waals surface area contributed by atoms with E-state index in [1.165, 1.54) is 13.2 Å². The van der Waals surface area contributed by atoms with Crippen molar-refractivity contribution < 1.29 is 13.9 Å². The number of ether oxygens (including phenoxy) is 2. The van der Waals surface area contributed by atoms with E-state index in [2.05, 4.69) is 49.7 Å². The molecule has 0 bridgehead atoms. The number of rotatable bonds is 4. The van der Waals surface area contributed by atoms with Crippen LogP contribution >= 0.6 is 51.0 Å². The Kier molecular flexibility index (Phi) is 5.27. The number of halogens is 3. The lowest BCUT2D eigenvalue weighted by atomic mass is 10.0. The van der Waals surface area contributed by atoms with Crippen LogP contribution in [0.1, 0.15) is 0 Å². The van der Waals surface area contributed by atoms with Gasteiger partial charge in [0.05, 0.1) is 26.1 Å². The maximum atomic E-state index is 14.7. The van der Waals surface area contributed by atoms with Crippen molar-refractivity contribution in [3.63, 3.8) is 0 Å². The van der Waals surface area contributed by atoms with Crippen molar-refractivity contribution in [3.8, 4) is 22.6 Å². The molecule has 0 aliphatic rings. The molecule has 0 fully saturated rings. The van der Waals surface area contributed by atoms with Gasteiger partial charge in [-0.3, -0.25) is 0 Å². The molecule has 1 atom stereocenters. The second-order valence-corrected chi connectivity index (χ2v) is 7.77. The Hall–Kier alpha value is -0.670. The first kappa shape index (κ1) is 17.2. The van der Waals surface area contributed by atoms with Crippen molar-refractivity contribution in [1.82, 2.24) is 9.55 Å². The zero-order chi connectivity index (χ0) is 16.6. The van der Waals surface area contributed by atoms with Crippen LogP contribution in [0.2, 0.25) is 0 Å². The van der Waals surface area contributed by atoms with Crippen molar-refractivity contribution in [2.24, 2.45) is 0 Å². The van der Waals surface area contributed by atoms with E-state index in [0.29, 0.717) is 17.7 Å². The van der Waals surface area contributed by atoms with E-state index in [9.17, 15) is 4.39 Å². The molecule has 0 N–H and O–H groups in total. The number of hydrogen-bond donors (Lipinski definition) is 0. The Morgan fingerprint density at radius 2 is 1.96 bits per heavy atom. The lowest BCUT2D eigenvalue weighted by Gasteiger charge is -2.11. The molecule has 3 aromatic rings. The molecule has 120 valence electrons. The second-order valence-electron chi connectivity index (χ2n) is 4.71. The third-order valence-corrected chi connectivity index (χ3v) is 6.16. The van der Waals surface area contributed by atoms with Gasteiger partial charge in [-0.15, -0.1) is 0 Å². The maximum Gasteiger partial charge on any atom is 0.173 e. The fourth-order valence-corrected chi connectivity index (χ4v) is 4.75. The minimum atomic E-state index is -0.398. The molecule has 0 saturated carbocycles. The molecule has 23 heavy (non-hydrogen) atoms. The zero-order valence-electron chi connectivity index (χ0n) is 12.2. The fraction of sp³-hybridized carbons (Fsp3) is 0.133. The minimum absolute atomic E-state index is 0.165. The van der Waals surface area contributed by atoms with Crippen LogP contribution in [0.25, 0.3) is 22.0 Å². The molecule has 1 aromatic heterocycles. The van der Waals surface area contributed by atoms with E-state index in [0.717, 1.165) is 20.2 Å². The second kappa shape index (κ2) is 7.06. The molecule has 0 spiro atoms. The Morgan fingerprint density at radius 3 is 2.61 bits per heavy atom. The van der Waals surface area contributed by atoms with Gasteiger partial charge in [-0.1, -0.05) is 6.07 Å². The molecule has 8 heteroatoms. The van der Waals surface area contributed by atoms with Crippen molar-refractivity contribution in [3.05, 3.63) is 39.8 Å². The first-order valence-electron chi connectivity index (χ1n) is 6.56. The van der Waals surface area contributed by atoms with Crippen molar-refractivity contribution in [2.45, 2.75) is 0 Å². The van der Waals surface area contributed by atoms with Crippen molar-refractivity contribution in [2.75, 3.05) is 14.2 Å². The fourth-order valence-electron chi connectivity index (χ4n) is 2.36. The lowest BCUT2D eigenvalue weighted by Crippen LogP contribution is -1.94. The van der Waals surface area contributed by atoms with Crippen LogP contribution < -0.4 is 9.47 Å². The molecule has 0 aliphatic carbocycles. The van der Waals surface area contributed by atoms with Crippen LogP contribution in [-0.2, 0) is 0 Å². The largest absolute Gasteiger partial charge is 0.497 e. The molecule has 0 amide bonds. The third-order valence-electron chi connectivity index (χ3n) is 3.50. The Balaban J connectivity index is 2.24. The Labute approximate surface area is 161 Å². The summed E-state index contributed by atoms with van der Waals surface area (Å²) >= 11 is 4.49. The van der Waals surface area contributed by atoms with Crippen LogP contribution in [0.4, 0.5) is 4.39 Å². The van der Waals surface area contributed by atoms with Gasteiger partial charge >= 0.3 is 0 Å². The first-order chi connectivity index (χ1) is 11.1. The molecule has 3 rings (SSSR count). The number of aromatic nitrogens is 2. The quantitative estimate of drug-likeness (QED) is 0.326. The summed E-state index contributed by atoms with van der Waals surface area (Å²) in [5.74, 6) is 0.320. The van der Waals surface area contributed by atoms with Crippen LogP contribution in [0.15, 0.2) is 30.3 Å². The van der Waals surface area contributed by atoms with Gasteiger partial charge < -0.3 is 9.47 Å². The van der Waals surface area contributed by atoms with Gasteiger partial charge in [0.2, 0.25) is 0 Å². The van der Waals surface area contributed by atoms with Crippen LogP contribution in [0.3, 0.4) is 0 Å². The van der Waals surface area contributed by atoms with Gasteiger partial charge in [0, 0.05) is 17.0 Å². The van der Waals surface area contributed by atoms with Gasteiger partial charge in [-0.05, 0) is 68.4 Å². The SMILES string of the molecule is COc1cc(OC)c(F)c(-c2ccc3c(I)nn(PI)c3c2)c1. The highest BCUT2D eigenvalue weighted by Gasteiger charge is 2.16. The summed E-state index contributed by atoms with van der Waals surface area (Å²) in [6, 6.07) is 9.03. The Bertz CT molecular complexity index is 886. The van der Waals surface area contributed by atoms with E-state index in [1.54, 1.807) is 13.2 Å². The van der Waals surface area contributed by atoms with E-state index < -0.39 is 5.82 Å². The lowest BCUT2D eigenvalue weighted by molar-refractivity contribution is 0.375. The molecule has 1 unspecified atom stereocenters. The van der Waals surface area contributed by atoms with E-state index in [-0.39, 0.29) is 5.75 Å². The van der Waals surface area contributed by atoms with E-state index in [1.807, 2.05) is 22.7 Å². The summed E-state index contributed by atoms with van der Waals surface area (Å²) in [7, 11) is 2.99. The topological polar surface area (TPSA) is 36.3 Å². The molecule has 0 radical (unpaired) electrons. The summed E-state index contributed by atoms with van der Waals surface area (Å²) < 4.78 is 27.9. The van der Waals surface area contributed by atoms with E-state index >= 15 is 0 Å². The number of hydrogen-bond acceptors (Lipinski definition) is 3. The molecule has 0 saturated heterocycles. The summed E-state index contributed by atoms with van der Waals surface area (Å²) in [6.45, 7) is 0. The molecule has 1 heterocycles. The van der Waals surface area contributed by atoms with Gasteiger partial charge in [0.25, 0.3) is 0 Å². The zero-order valence-corrected chi connectivity index (χ0v) is 17.5. The van der Waals surface area contributed by atoms with Gasteiger partial charge in [0.15, 0.2) is 11.6 Å². The van der Waals surface area contributed by atoms with Crippen molar-refractivity contribution >= 4 is 61.9 Å². The highest BCUT2D eigenvalue weighted by Crippen LogP contribution is 2.37. The van der Waals surface area contributed by atoms with Gasteiger partial charge in [-0.2, -0.15) is 5.10 Å². The maximum absolute atomic E-state index is 14.7. The van der Waals surface area contributed by atoms with E-state index in [4.69, 9.17) is 9.47 Å². The summed E-state index contributed by atoms with van der Waals surface area (Å²) in [5, 5.41) is 5.56. The number of methoxy groups -OCH3 is 2. The smallest absolute Gasteiger partial charge is 0.173 e. The molecule has 4 nitrogen and oxygen atoms in total. The summed E-state index contributed by atoms with van der Waals surface area (Å²) in [5.41, 5.74) is 2.20.